The first kappa shape index (κ1) is 14.8. The van der Waals surface area contributed by atoms with E-state index in [4.69, 9.17) is 9.47 Å². The predicted molar refractivity (Wildman–Crippen MR) is 86.2 cm³/mol. The van der Waals surface area contributed by atoms with Crippen LogP contribution in [-0.4, -0.2) is 29.4 Å². The van der Waals surface area contributed by atoms with Crippen LogP contribution in [0.5, 0.6) is 0 Å². The highest BCUT2D eigenvalue weighted by Crippen LogP contribution is 2.82. The van der Waals surface area contributed by atoms with Crippen LogP contribution in [0.15, 0.2) is 12.2 Å². The first-order valence-electron chi connectivity index (χ1n) is 9.63. The third kappa shape index (κ3) is 1.26. The van der Waals surface area contributed by atoms with Crippen LogP contribution in [0.1, 0.15) is 45.4 Å². The summed E-state index contributed by atoms with van der Waals surface area (Å²) in [6, 6.07) is 0. The maximum absolute atomic E-state index is 12.8. The lowest BCUT2D eigenvalue weighted by molar-refractivity contribution is -0.375. The molecule has 0 aromatic rings. The van der Waals surface area contributed by atoms with Crippen LogP contribution in [0.4, 0.5) is 0 Å². The molecule has 1 N–H and O–H groups in total. The molecule has 4 saturated carbocycles. The van der Waals surface area contributed by atoms with E-state index >= 15 is 0 Å². The summed E-state index contributed by atoms with van der Waals surface area (Å²) in [6.07, 6.45) is 4.89. The summed E-state index contributed by atoms with van der Waals surface area (Å²) >= 11 is 0. The van der Waals surface area contributed by atoms with Gasteiger partial charge in [0, 0.05) is 11.3 Å². The van der Waals surface area contributed by atoms with E-state index in [1.54, 1.807) is 0 Å². The molecule has 9 atom stereocenters. The van der Waals surface area contributed by atoms with E-state index in [1.807, 2.05) is 6.92 Å². The molecule has 0 amide bonds. The highest BCUT2D eigenvalue weighted by Gasteiger charge is 2.85. The van der Waals surface area contributed by atoms with Gasteiger partial charge in [0.25, 0.3) is 0 Å². The number of rotatable bonds is 1. The smallest absolute Gasteiger partial charge is 0.317 e. The first-order chi connectivity index (χ1) is 11.9. The van der Waals surface area contributed by atoms with Crippen LogP contribution in [0, 0.1) is 39.9 Å². The molecule has 25 heavy (non-hydrogen) atoms. The minimum Gasteiger partial charge on any atom is -0.481 e. The van der Waals surface area contributed by atoms with Crippen molar-refractivity contribution >= 4 is 11.9 Å². The van der Waals surface area contributed by atoms with Gasteiger partial charge in [0.05, 0.1) is 17.4 Å². The molecule has 0 radical (unpaired) electrons. The summed E-state index contributed by atoms with van der Waals surface area (Å²) in [6.45, 7) is 6.20. The fourth-order valence-electron chi connectivity index (χ4n) is 8.62. The highest BCUT2D eigenvalue weighted by molar-refractivity contribution is 5.83. The van der Waals surface area contributed by atoms with Gasteiger partial charge in [-0.15, -0.1) is 0 Å². The fraction of sp³-hybridized carbons (Fsp3) is 0.800. The predicted octanol–water partition coefficient (Wildman–Crippen LogP) is 2.75. The number of ether oxygens (including phenoxy) is 2. The van der Waals surface area contributed by atoms with E-state index in [9.17, 15) is 14.7 Å². The minimum absolute atomic E-state index is 0.161. The van der Waals surface area contributed by atoms with E-state index in [2.05, 4.69) is 6.58 Å². The van der Waals surface area contributed by atoms with Gasteiger partial charge in [-0.25, -0.2) is 0 Å². The number of carboxylic acids is 1. The van der Waals surface area contributed by atoms with Crippen molar-refractivity contribution in [3.05, 3.63) is 12.2 Å². The number of esters is 1. The lowest BCUT2D eigenvalue weighted by atomic mass is 9.48. The number of carbonyl (C=O) groups excluding carboxylic acids is 1. The average molecular weight is 344 g/mol. The molecule has 4 aliphatic carbocycles. The largest absolute Gasteiger partial charge is 0.481 e. The van der Waals surface area contributed by atoms with Gasteiger partial charge in [0.1, 0.15) is 0 Å². The molecule has 0 aromatic carbocycles. The number of carboxylic acid groups (broad SMARTS) is 1. The molecule has 8 fully saturated rings. The molecule has 5 nitrogen and oxygen atoms in total. The first-order valence-corrected chi connectivity index (χ1v) is 9.63. The van der Waals surface area contributed by atoms with Crippen molar-refractivity contribution in [3.63, 3.8) is 0 Å². The molecule has 3 unspecified atom stereocenters. The van der Waals surface area contributed by atoms with Crippen molar-refractivity contribution in [2.24, 2.45) is 39.9 Å². The van der Waals surface area contributed by atoms with E-state index in [1.165, 1.54) is 5.57 Å². The lowest BCUT2D eigenvalue weighted by Crippen LogP contribution is -2.73. The van der Waals surface area contributed by atoms with Gasteiger partial charge < -0.3 is 14.6 Å². The number of carbonyl (C=O) groups is 2. The summed E-state index contributed by atoms with van der Waals surface area (Å²) in [4.78, 5) is 25.4. The number of hydrogen-bond acceptors (Lipinski definition) is 4. The molecule has 4 heterocycles. The Morgan fingerprint density at radius 3 is 2.88 bits per heavy atom. The Kier molecular flexibility index (Phi) is 2.35. The number of fused-ring (bicyclic) bond motifs is 3. The summed E-state index contributed by atoms with van der Waals surface area (Å²) in [5, 5.41) is 10.3. The van der Waals surface area contributed by atoms with Crippen molar-refractivity contribution in [2.75, 3.05) is 0 Å². The molecule has 4 aliphatic heterocycles. The van der Waals surface area contributed by atoms with Gasteiger partial charge in [0.15, 0.2) is 0 Å². The SMILES string of the molecule is C=C1C[C@]23C[C@H]1CCC2[C@@]12CC[C@@H]4O[C@H]1OC(=O)[C@]4(C)C2C3C(=O)O. The van der Waals surface area contributed by atoms with Gasteiger partial charge >= 0.3 is 11.9 Å². The minimum atomic E-state index is -0.818. The van der Waals surface area contributed by atoms with Gasteiger partial charge in [-0.3, -0.25) is 9.59 Å². The molecular weight excluding hydrogens is 320 g/mol. The molecule has 2 spiro atoms. The lowest BCUT2D eigenvalue weighted by Gasteiger charge is -2.66. The van der Waals surface area contributed by atoms with Gasteiger partial charge in [-0.1, -0.05) is 12.2 Å². The second kappa shape index (κ2) is 3.98. The van der Waals surface area contributed by atoms with Crippen molar-refractivity contribution in [1.29, 1.82) is 0 Å². The maximum atomic E-state index is 12.8. The van der Waals surface area contributed by atoms with Gasteiger partial charge in [-0.05, 0) is 62.7 Å². The van der Waals surface area contributed by atoms with Gasteiger partial charge in [0.2, 0.25) is 6.29 Å². The molecule has 0 aromatic heterocycles. The standard InChI is InChI=1S/C20H24O5/c1-9-7-19-8-10(9)3-4-11(19)20-6-5-12-18(2,14(20)13(19)15(21)22)16(23)25-17(20)24-12/h10-14,17H,1,3-8H2,2H3,(H,21,22)/t10-,11?,12+,13?,14?,17+,18+,19+,20-/m1/s1. The molecular formula is C20H24O5. The summed E-state index contributed by atoms with van der Waals surface area (Å²) in [7, 11) is 0. The zero-order valence-corrected chi connectivity index (χ0v) is 14.5. The molecule has 8 rings (SSSR count). The number of aliphatic carboxylic acids is 1. The average Bonchev–Trinajstić information content (AvgIpc) is 2.97. The second-order valence-corrected chi connectivity index (χ2v) is 9.69. The van der Waals surface area contributed by atoms with Gasteiger partial charge in [-0.2, -0.15) is 0 Å². The number of hydrogen-bond donors (Lipinski definition) is 1. The van der Waals surface area contributed by atoms with Crippen molar-refractivity contribution in [3.8, 4) is 0 Å². The Morgan fingerprint density at radius 2 is 2.12 bits per heavy atom. The summed E-state index contributed by atoms with van der Waals surface area (Å²) < 4.78 is 12.0. The van der Waals surface area contributed by atoms with Crippen molar-refractivity contribution in [1.82, 2.24) is 0 Å². The highest BCUT2D eigenvalue weighted by atomic mass is 16.7. The Labute approximate surface area is 146 Å². The molecule has 8 aliphatic rings. The van der Waals surface area contributed by atoms with Crippen LogP contribution in [0.25, 0.3) is 0 Å². The van der Waals surface area contributed by atoms with Crippen LogP contribution < -0.4 is 0 Å². The Balaban J connectivity index is 1.64. The van der Waals surface area contributed by atoms with Crippen LogP contribution >= 0.6 is 0 Å². The molecule has 6 bridgehead atoms. The Bertz CT molecular complexity index is 744. The maximum Gasteiger partial charge on any atom is 0.317 e. The van der Waals surface area contributed by atoms with E-state index in [0.29, 0.717) is 5.92 Å². The van der Waals surface area contributed by atoms with E-state index in [0.717, 1.165) is 38.5 Å². The van der Waals surface area contributed by atoms with E-state index < -0.39 is 23.6 Å². The third-order valence-corrected chi connectivity index (χ3v) is 9.24. The second-order valence-electron chi connectivity index (χ2n) is 9.69. The summed E-state index contributed by atoms with van der Waals surface area (Å²) in [5.74, 6) is -0.883. The third-order valence-electron chi connectivity index (χ3n) is 9.24. The Morgan fingerprint density at radius 1 is 1.32 bits per heavy atom. The zero-order chi connectivity index (χ0) is 17.4. The number of allylic oxidation sites excluding steroid dienone is 1. The van der Waals surface area contributed by atoms with Crippen LogP contribution in [0.3, 0.4) is 0 Å². The fourth-order valence-corrected chi connectivity index (χ4v) is 8.62. The van der Waals surface area contributed by atoms with E-state index in [-0.39, 0.29) is 34.7 Å². The zero-order valence-electron chi connectivity index (χ0n) is 14.5. The normalized spacial score (nSPS) is 60.4. The molecule has 5 heteroatoms. The molecule has 4 saturated heterocycles. The topological polar surface area (TPSA) is 72.8 Å². The monoisotopic (exact) mass is 344 g/mol. The van der Waals surface area contributed by atoms with Crippen LogP contribution in [-0.2, 0) is 19.1 Å². The quantitative estimate of drug-likeness (QED) is 0.585. The van der Waals surface area contributed by atoms with Crippen molar-refractivity contribution in [2.45, 2.75) is 57.8 Å². The molecule has 134 valence electrons. The Hall–Kier alpha value is -1.36. The van der Waals surface area contributed by atoms with Crippen molar-refractivity contribution < 1.29 is 24.2 Å². The summed E-state index contributed by atoms with van der Waals surface area (Å²) in [5.41, 5.74) is -0.159. The van der Waals surface area contributed by atoms with Crippen LogP contribution in [0.2, 0.25) is 0 Å².